The van der Waals surface area contributed by atoms with Crippen molar-refractivity contribution < 1.29 is 57.9 Å². The third-order valence-electron chi connectivity index (χ3n) is 8.26. The number of aliphatic carboxylic acids is 2. The second-order valence-electron chi connectivity index (χ2n) is 12.3. The van der Waals surface area contributed by atoms with E-state index in [9.17, 15) is 53.2 Å². The molecule has 1 saturated carbocycles. The molecule has 1 aliphatic rings. The minimum absolute atomic E-state index is 0.00505. The van der Waals surface area contributed by atoms with Gasteiger partial charge in [0.2, 0.25) is 11.8 Å². The van der Waals surface area contributed by atoms with Crippen LogP contribution in [0.5, 0.6) is 5.75 Å². The quantitative estimate of drug-likeness (QED) is 0.145. The van der Waals surface area contributed by atoms with E-state index in [4.69, 9.17) is 4.74 Å². The summed E-state index contributed by atoms with van der Waals surface area (Å²) in [5.41, 5.74) is 0.142. The summed E-state index contributed by atoms with van der Waals surface area (Å²) >= 11 is 0. The molecule has 1 aliphatic carbocycles. The summed E-state index contributed by atoms with van der Waals surface area (Å²) in [6.07, 6.45) is -4.55. The molecule has 0 saturated heterocycles. The number of para-hydroxylation sites is 1. The van der Waals surface area contributed by atoms with Gasteiger partial charge in [-0.25, -0.2) is 8.78 Å². The van der Waals surface area contributed by atoms with E-state index in [1.165, 1.54) is 19.2 Å². The number of rotatable bonds is 15. The van der Waals surface area contributed by atoms with Crippen LogP contribution in [0.4, 0.5) is 8.78 Å². The standard InChI is InChI=1S/C33H41F2N3O10/c1-16(2)28(30(42)36-22-12-18(32(44)45)11-19(13-22)33(46)47)38-27(40)15-25(39)24(10-17-8-20(34)14-21(35)9-17)37-31(43)29(41)23-6-4-5-7-26(23)48-3/h4-9,14,16,18-19,22,24-25,28-29,39,41H,10-13,15H2,1-3H3,(H,36,42)(H,37,43)(H,38,40)(H,44,45)(H,46,47)/t18?,19?,22?,24-,25+,28-,29?/m0/s1. The Balaban J connectivity index is 1.75. The van der Waals surface area contributed by atoms with Crippen LogP contribution in [0.2, 0.25) is 0 Å². The van der Waals surface area contributed by atoms with Gasteiger partial charge in [-0.2, -0.15) is 0 Å². The molecular formula is C33H41F2N3O10. The summed E-state index contributed by atoms with van der Waals surface area (Å²) in [5.74, 6) is -8.95. The molecule has 48 heavy (non-hydrogen) atoms. The van der Waals surface area contributed by atoms with E-state index < -0.39 is 95.8 Å². The van der Waals surface area contributed by atoms with Crippen LogP contribution < -0.4 is 20.7 Å². The Morgan fingerprint density at radius 3 is 2.00 bits per heavy atom. The van der Waals surface area contributed by atoms with Crippen LogP contribution >= 0.6 is 0 Å². The van der Waals surface area contributed by atoms with Crippen LogP contribution in [0.15, 0.2) is 42.5 Å². The first-order chi connectivity index (χ1) is 22.6. The maximum Gasteiger partial charge on any atom is 0.306 e. The molecule has 6 atom stereocenters. The van der Waals surface area contributed by atoms with E-state index in [1.807, 2.05) is 0 Å². The number of carbonyl (C=O) groups is 5. The Morgan fingerprint density at radius 1 is 0.875 bits per heavy atom. The summed E-state index contributed by atoms with van der Waals surface area (Å²) in [4.78, 5) is 62.6. The third kappa shape index (κ3) is 10.4. The van der Waals surface area contributed by atoms with Gasteiger partial charge in [-0.05, 0) is 55.4 Å². The smallest absolute Gasteiger partial charge is 0.306 e. The van der Waals surface area contributed by atoms with Crippen LogP contribution in [0.25, 0.3) is 0 Å². The predicted molar refractivity (Wildman–Crippen MR) is 165 cm³/mol. The average molecular weight is 678 g/mol. The molecular weight excluding hydrogens is 636 g/mol. The predicted octanol–water partition coefficient (Wildman–Crippen LogP) is 1.70. The Hall–Kier alpha value is -4.63. The highest BCUT2D eigenvalue weighted by atomic mass is 19.1. The molecule has 2 aromatic rings. The zero-order valence-corrected chi connectivity index (χ0v) is 26.7. The van der Waals surface area contributed by atoms with Gasteiger partial charge in [0, 0.05) is 17.7 Å². The first kappa shape index (κ1) is 37.8. The van der Waals surface area contributed by atoms with Crippen molar-refractivity contribution in [1.29, 1.82) is 0 Å². The molecule has 0 aliphatic heterocycles. The molecule has 3 rings (SSSR count). The fourth-order valence-electron chi connectivity index (χ4n) is 5.79. The fourth-order valence-corrected chi connectivity index (χ4v) is 5.79. The van der Waals surface area contributed by atoms with Gasteiger partial charge in [-0.1, -0.05) is 32.0 Å². The molecule has 2 aromatic carbocycles. The van der Waals surface area contributed by atoms with Crippen LogP contribution in [-0.4, -0.2) is 81.4 Å². The highest BCUT2D eigenvalue weighted by molar-refractivity contribution is 5.88. The second-order valence-corrected chi connectivity index (χ2v) is 12.3. The molecule has 0 bridgehead atoms. The Bertz CT molecular complexity index is 1450. The number of amides is 3. The average Bonchev–Trinajstić information content (AvgIpc) is 3.01. The number of benzene rings is 2. The van der Waals surface area contributed by atoms with Crippen molar-refractivity contribution >= 4 is 29.7 Å². The Labute approximate surface area is 275 Å². The lowest BCUT2D eigenvalue weighted by Crippen LogP contribution is -2.55. The summed E-state index contributed by atoms with van der Waals surface area (Å²) in [7, 11) is 1.34. The van der Waals surface area contributed by atoms with Gasteiger partial charge < -0.3 is 41.1 Å². The van der Waals surface area contributed by atoms with Crippen LogP contribution in [0.1, 0.15) is 56.8 Å². The minimum atomic E-state index is -1.77. The number of aliphatic hydroxyl groups is 2. The summed E-state index contributed by atoms with van der Waals surface area (Å²) in [5, 5.41) is 48.4. The second kappa shape index (κ2) is 17.0. The molecule has 1 fully saturated rings. The minimum Gasteiger partial charge on any atom is -0.496 e. The number of carboxylic acids is 2. The Morgan fingerprint density at radius 2 is 1.46 bits per heavy atom. The van der Waals surface area contributed by atoms with Crippen molar-refractivity contribution in [3.63, 3.8) is 0 Å². The zero-order chi connectivity index (χ0) is 35.7. The van der Waals surface area contributed by atoms with Gasteiger partial charge in [0.1, 0.15) is 23.4 Å². The lowest BCUT2D eigenvalue weighted by atomic mass is 9.78. The number of carboxylic acid groups (broad SMARTS) is 2. The monoisotopic (exact) mass is 677 g/mol. The SMILES string of the molecule is COc1ccccc1C(O)C(=O)N[C@@H](Cc1cc(F)cc(F)c1)[C@H](O)CC(=O)N[C@H](C(=O)NC1CC(C(=O)O)CC(C(=O)O)C1)C(C)C. The van der Waals surface area contributed by atoms with E-state index in [1.54, 1.807) is 26.0 Å². The van der Waals surface area contributed by atoms with Crippen molar-refractivity contribution in [2.75, 3.05) is 7.11 Å². The van der Waals surface area contributed by atoms with E-state index in [-0.39, 0.29) is 42.6 Å². The van der Waals surface area contributed by atoms with Gasteiger partial charge in [0.25, 0.3) is 5.91 Å². The molecule has 13 nitrogen and oxygen atoms in total. The van der Waals surface area contributed by atoms with Crippen LogP contribution in [0, 0.1) is 29.4 Å². The highest BCUT2D eigenvalue weighted by Gasteiger charge is 2.38. The maximum atomic E-state index is 14.0. The molecule has 0 heterocycles. The van der Waals surface area contributed by atoms with Crippen LogP contribution in [-0.2, 0) is 30.4 Å². The van der Waals surface area contributed by atoms with Crippen molar-refractivity contribution in [2.24, 2.45) is 17.8 Å². The number of nitrogens with one attached hydrogen (secondary N) is 3. The van der Waals surface area contributed by atoms with E-state index in [0.29, 0.717) is 6.07 Å². The molecule has 3 amide bonds. The van der Waals surface area contributed by atoms with Crippen molar-refractivity contribution in [2.45, 2.75) is 76.3 Å². The van der Waals surface area contributed by atoms with Crippen molar-refractivity contribution in [1.82, 2.24) is 16.0 Å². The molecule has 0 spiro atoms. The highest BCUT2D eigenvalue weighted by Crippen LogP contribution is 2.30. The van der Waals surface area contributed by atoms with Gasteiger partial charge in [0.05, 0.1) is 37.5 Å². The number of aliphatic hydroxyl groups excluding tert-OH is 2. The van der Waals surface area contributed by atoms with E-state index in [0.717, 1.165) is 12.1 Å². The largest absolute Gasteiger partial charge is 0.496 e. The van der Waals surface area contributed by atoms with E-state index >= 15 is 0 Å². The first-order valence-electron chi connectivity index (χ1n) is 15.4. The van der Waals surface area contributed by atoms with Gasteiger partial charge in [0.15, 0.2) is 6.10 Å². The van der Waals surface area contributed by atoms with Gasteiger partial charge in [-0.3, -0.25) is 24.0 Å². The topological polar surface area (TPSA) is 212 Å². The lowest BCUT2D eigenvalue weighted by molar-refractivity contribution is -0.149. The molecule has 3 unspecified atom stereocenters. The number of methoxy groups -OCH3 is 1. The molecule has 0 aromatic heterocycles. The third-order valence-corrected chi connectivity index (χ3v) is 8.26. The van der Waals surface area contributed by atoms with E-state index in [2.05, 4.69) is 16.0 Å². The number of carbonyl (C=O) groups excluding carboxylic acids is 3. The number of hydrogen-bond donors (Lipinski definition) is 7. The summed E-state index contributed by atoms with van der Waals surface area (Å²) in [6.45, 7) is 3.26. The molecule has 15 heteroatoms. The molecule has 262 valence electrons. The Kier molecular flexibility index (Phi) is 13.4. The number of halogens is 2. The normalized spacial score (nSPS) is 20.1. The van der Waals surface area contributed by atoms with Gasteiger partial charge in [-0.15, -0.1) is 0 Å². The first-order valence-corrected chi connectivity index (χ1v) is 15.4. The summed E-state index contributed by atoms with van der Waals surface area (Å²) in [6, 6.07) is 5.46. The maximum absolute atomic E-state index is 14.0. The molecule has 7 N–H and O–H groups in total. The number of hydrogen-bond acceptors (Lipinski definition) is 8. The summed E-state index contributed by atoms with van der Waals surface area (Å²) < 4.78 is 33.1. The fraction of sp³-hybridized carbons (Fsp3) is 0.485. The van der Waals surface area contributed by atoms with Crippen molar-refractivity contribution in [3.05, 3.63) is 65.2 Å². The van der Waals surface area contributed by atoms with Gasteiger partial charge >= 0.3 is 11.9 Å². The zero-order valence-electron chi connectivity index (χ0n) is 26.7. The molecule has 0 radical (unpaired) electrons. The van der Waals surface area contributed by atoms with Crippen molar-refractivity contribution in [3.8, 4) is 5.75 Å². The van der Waals surface area contributed by atoms with Crippen LogP contribution in [0.3, 0.4) is 0 Å². The lowest BCUT2D eigenvalue weighted by Gasteiger charge is -2.33. The number of ether oxygens (including phenoxy) is 1.